The van der Waals surface area contributed by atoms with Gasteiger partial charge in [0.1, 0.15) is 11.5 Å². The maximum absolute atomic E-state index is 9.86. The summed E-state index contributed by atoms with van der Waals surface area (Å²) in [6, 6.07) is 5.16. The highest BCUT2D eigenvalue weighted by molar-refractivity contribution is 14.0. The summed E-state index contributed by atoms with van der Waals surface area (Å²) in [4.78, 5) is 4.50. The van der Waals surface area contributed by atoms with Crippen LogP contribution in [0.3, 0.4) is 0 Å². The van der Waals surface area contributed by atoms with Gasteiger partial charge in [-0.2, -0.15) is 0 Å². The van der Waals surface area contributed by atoms with Crippen LogP contribution in [-0.2, 0) is 6.54 Å². The van der Waals surface area contributed by atoms with Crippen molar-refractivity contribution in [2.45, 2.75) is 33.7 Å². The van der Waals surface area contributed by atoms with Crippen LogP contribution in [0.1, 0.15) is 32.8 Å². The van der Waals surface area contributed by atoms with Crippen LogP contribution >= 0.6 is 24.0 Å². The zero-order valence-electron chi connectivity index (χ0n) is 13.8. The van der Waals surface area contributed by atoms with Crippen molar-refractivity contribution >= 4 is 29.9 Å². The predicted molar refractivity (Wildman–Crippen MR) is 102 cm³/mol. The molecule has 126 valence electrons. The minimum atomic E-state index is 0. The lowest BCUT2D eigenvalue weighted by atomic mass is 10.1. The van der Waals surface area contributed by atoms with Crippen LogP contribution in [0.4, 0.5) is 0 Å². The van der Waals surface area contributed by atoms with Crippen LogP contribution in [0.2, 0.25) is 0 Å². The first-order valence-corrected chi connectivity index (χ1v) is 7.44. The van der Waals surface area contributed by atoms with E-state index in [-0.39, 0.29) is 29.7 Å². The van der Waals surface area contributed by atoms with Crippen LogP contribution in [0.5, 0.6) is 11.5 Å². The molecular formula is C16H28IN3O2. The van der Waals surface area contributed by atoms with E-state index in [9.17, 15) is 5.11 Å². The highest BCUT2D eigenvalue weighted by atomic mass is 127. The molecule has 0 aromatic heterocycles. The van der Waals surface area contributed by atoms with E-state index in [1.807, 2.05) is 6.92 Å². The fraction of sp³-hybridized carbons (Fsp3) is 0.562. The van der Waals surface area contributed by atoms with Crippen molar-refractivity contribution in [3.8, 4) is 11.5 Å². The lowest BCUT2D eigenvalue weighted by Gasteiger charge is -2.12. The normalized spacial score (nSPS) is 11.0. The first-order valence-electron chi connectivity index (χ1n) is 7.44. The van der Waals surface area contributed by atoms with Gasteiger partial charge in [0.05, 0.1) is 13.7 Å². The average molecular weight is 421 g/mol. The van der Waals surface area contributed by atoms with Gasteiger partial charge in [-0.3, -0.25) is 0 Å². The topological polar surface area (TPSA) is 65.9 Å². The molecule has 1 aromatic rings. The number of nitrogens with one attached hydrogen (secondary N) is 2. The molecule has 0 bridgehead atoms. The van der Waals surface area contributed by atoms with Gasteiger partial charge in [0.2, 0.25) is 0 Å². The van der Waals surface area contributed by atoms with Crippen LogP contribution in [-0.4, -0.2) is 31.3 Å². The summed E-state index contributed by atoms with van der Waals surface area (Å²) in [6.45, 7) is 8.51. The molecule has 0 unspecified atom stereocenters. The Morgan fingerprint density at radius 3 is 2.64 bits per heavy atom. The number of aromatic hydroxyl groups is 1. The molecular weight excluding hydrogens is 393 g/mol. The van der Waals surface area contributed by atoms with Crippen molar-refractivity contribution < 1.29 is 9.84 Å². The van der Waals surface area contributed by atoms with Crippen molar-refractivity contribution in [1.82, 2.24) is 10.6 Å². The SMILES string of the molecule is CCNC(=NCc1cc(OC)ccc1O)NCCC(C)C.I. The monoisotopic (exact) mass is 421 g/mol. The summed E-state index contributed by atoms with van der Waals surface area (Å²) in [5.74, 6) is 2.37. The second kappa shape index (κ2) is 11.4. The van der Waals surface area contributed by atoms with E-state index in [4.69, 9.17) is 4.74 Å². The number of guanidine groups is 1. The number of phenols is 1. The number of benzene rings is 1. The molecule has 0 spiro atoms. The summed E-state index contributed by atoms with van der Waals surface area (Å²) in [7, 11) is 1.61. The summed E-state index contributed by atoms with van der Waals surface area (Å²) >= 11 is 0. The van der Waals surface area contributed by atoms with Gasteiger partial charge < -0.3 is 20.5 Å². The molecule has 0 saturated carbocycles. The molecule has 0 fully saturated rings. The van der Waals surface area contributed by atoms with E-state index in [1.165, 1.54) is 0 Å². The van der Waals surface area contributed by atoms with Crippen molar-refractivity contribution in [1.29, 1.82) is 0 Å². The van der Waals surface area contributed by atoms with E-state index < -0.39 is 0 Å². The summed E-state index contributed by atoms with van der Waals surface area (Å²) in [6.07, 6.45) is 1.09. The summed E-state index contributed by atoms with van der Waals surface area (Å²) in [5, 5.41) is 16.4. The molecule has 5 nitrogen and oxygen atoms in total. The zero-order valence-corrected chi connectivity index (χ0v) is 16.2. The van der Waals surface area contributed by atoms with Crippen molar-refractivity contribution in [3.63, 3.8) is 0 Å². The minimum Gasteiger partial charge on any atom is -0.508 e. The molecule has 0 atom stereocenters. The molecule has 3 N–H and O–H groups in total. The molecule has 0 aliphatic heterocycles. The third kappa shape index (κ3) is 7.72. The second-order valence-corrected chi connectivity index (χ2v) is 5.30. The quantitative estimate of drug-likeness (QED) is 0.360. The van der Waals surface area contributed by atoms with Gasteiger partial charge in [-0.05, 0) is 37.5 Å². The Hall–Kier alpha value is -1.18. The fourth-order valence-corrected chi connectivity index (χ4v) is 1.80. The fourth-order valence-electron chi connectivity index (χ4n) is 1.80. The highest BCUT2D eigenvalue weighted by Crippen LogP contribution is 2.23. The molecule has 1 aromatic carbocycles. The van der Waals surface area contributed by atoms with Gasteiger partial charge >= 0.3 is 0 Å². The zero-order chi connectivity index (χ0) is 15.7. The summed E-state index contributed by atoms with van der Waals surface area (Å²) < 4.78 is 5.16. The average Bonchev–Trinajstić information content (AvgIpc) is 2.45. The Morgan fingerprint density at radius 1 is 1.32 bits per heavy atom. The number of phenolic OH excluding ortho intramolecular Hbond substituents is 1. The van der Waals surface area contributed by atoms with E-state index in [2.05, 4.69) is 29.5 Å². The Labute approximate surface area is 150 Å². The second-order valence-electron chi connectivity index (χ2n) is 5.30. The Kier molecular flexibility index (Phi) is 10.8. The number of aliphatic imine (C=N–C) groups is 1. The van der Waals surface area contributed by atoms with Gasteiger partial charge in [-0.15, -0.1) is 24.0 Å². The molecule has 0 radical (unpaired) electrons. The number of hydrogen-bond acceptors (Lipinski definition) is 3. The van der Waals surface area contributed by atoms with Gasteiger partial charge in [0.25, 0.3) is 0 Å². The van der Waals surface area contributed by atoms with E-state index in [0.717, 1.165) is 36.8 Å². The lowest BCUT2D eigenvalue weighted by molar-refractivity contribution is 0.411. The van der Waals surface area contributed by atoms with E-state index in [0.29, 0.717) is 12.5 Å². The van der Waals surface area contributed by atoms with Crippen LogP contribution in [0, 0.1) is 5.92 Å². The number of rotatable bonds is 7. The molecule has 0 saturated heterocycles. The van der Waals surface area contributed by atoms with Gasteiger partial charge in [0, 0.05) is 18.7 Å². The summed E-state index contributed by atoms with van der Waals surface area (Å²) in [5.41, 5.74) is 0.746. The van der Waals surface area contributed by atoms with Crippen molar-refractivity contribution in [2.24, 2.45) is 10.9 Å². The van der Waals surface area contributed by atoms with Gasteiger partial charge in [0.15, 0.2) is 5.96 Å². The van der Waals surface area contributed by atoms with Crippen molar-refractivity contribution in [2.75, 3.05) is 20.2 Å². The molecule has 22 heavy (non-hydrogen) atoms. The molecule has 1 rings (SSSR count). The first kappa shape index (κ1) is 20.8. The first-order chi connectivity index (χ1) is 10.1. The molecule has 0 amide bonds. The Bertz CT molecular complexity index is 465. The standard InChI is InChI=1S/C16H27N3O2.HI/c1-5-17-16(18-9-8-12(2)3)19-11-13-10-14(21-4)6-7-15(13)20;/h6-7,10,12,20H,5,8-9,11H2,1-4H3,(H2,17,18,19);1H. The maximum Gasteiger partial charge on any atom is 0.191 e. The predicted octanol–water partition coefficient (Wildman–Crippen LogP) is 3.12. The number of halogens is 1. The third-order valence-electron chi connectivity index (χ3n) is 3.05. The number of ether oxygens (including phenoxy) is 1. The highest BCUT2D eigenvalue weighted by Gasteiger charge is 2.04. The molecule has 0 heterocycles. The molecule has 6 heteroatoms. The third-order valence-corrected chi connectivity index (χ3v) is 3.05. The number of methoxy groups -OCH3 is 1. The Balaban J connectivity index is 0.00000441. The van der Waals surface area contributed by atoms with Crippen LogP contribution in [0.25, 0.3) is 0 Å². The van der Waals surface area contributed by atoms with Gasteiger partial charge in [-0.25, -0.2) is 4.99 Å². The number of hydrogen-bond donors (Lipinski definition) is 3. The van der Waals surface area contributed by atoms with E-state index in [1.54, 1.807) is 25.3 Å². The lowest BCUT2D eigenvalue weighted by Crippen LogP contribution is -2.38. The van der Waals surface area contributed by atoms with E-state index >= 15 is 0 Å². The maximum atomic E-state index is 9.86. The van der Waals surface area contributed by atoms with Crippen molar-refractivity contribution in [3.05, 3.63) is 23.8 Å². The molecule has 0 aliphatic rings. The minimum absolute atomic E-state index is 0. The molecule has 0 aliphatic carbocycles. The Morgan fingerprint density at radius 2 is 2.05 bits per heavy atom. The smallest absolute Gasteiger partial charge is 0.191 e. The van der Waals surface area contributed by atoms with Gasteiger partial charge in [-0.1, -0.05) is 13.8 Å². The largest absolute Gasteiger partial charge is 0.508 e. The van der Waals surface area contributed by atoms with Crippen LogP contribution in [0.15, 0.2) is 23.2 Å². The number of nitrogens with zero attached hydrogens (tertiary/aromatic N) is 1. The van der Waals surface area contributed by atoms with Crippen LogP contribution < -0.4 is 15.4 Å².